The summed E-state index contributed by atoms with van der Waals surface area (Å²) in [5.74, 6) is -0.699. The van der Waals surface area contributed by atoms with Crippen LogP contribution in [0.1, 0.15) is 6.92 Å². The quantitative estimate of drug-likeness (QED) is 0.879. The number of nitrogens with one attached hydrogen (secondary N) is 1. The molecule has 1 aromatic carbocycles. The van der Waals surface area contributed by atoms with Crippen LogP contribution in [0.3, 0.4) is 0 Å². The van der Waals surface area contributed by atoms with Crippen LogP contribution >= 0.6 is 0 Å². The van der Waals surface area contributed by atoms with Crippen LogP contribution in [-0.2, 0) is 10.0 Å². The molecule has 7 heteroatoms. The highest BCUT2D eigenvalue weighted by molar-refractivity contribution is 7.89. The van der Waals surface area contributed by atoms with Gasteiger partial charge in [0.2, 0.25) is 10.0 Å². The van der Waals surface area contributed by atoms with Crippen molar-refractivity contribution in [1.82, 2.24) is 9.71 Å². The van der Waals surface area contributed by atoms with E-state index in [9.17, 15) is 12.8 Å². The Labute approximate surface area is 110 Å². The molecular weight excluding hydrogens is 271 g/mol. The minimum atomic E-state index is -3.90. The molecule has 2 N–H and O–H groups in total. The largest absolute Gasteiger partial charge is 0.395 e. The Bertz CT molecular complexity index is 698. The second-order valence-electron chi connectivity index (χ2n) is 4.18. The van der Waals surface area contributed by atoms with Crippen LogP contribution < -0.4 is 4.72 Å². The lowest BCUT2D eigenvalue weighted by Crippen LogP contribution is -2.35. The molecule has 102 valence electrons. The van der Waals surface area contributed by atoms with Gasteiger partial charge in [0.15, 0.2) is 5.82 Å². The number of rotatable bonds is 4. The number of aromatic nitrogens is 1. The lowest BCUT2D eigenvalue weighted by Gasteiger charge is -2.13. The number of nitrogens with zero attached hydrogens (tertiary/aromatic N) is 1. The second-order valence-corrected chi connectivity index (χ2v) is 5.86. The van der Waals surface area contributed by atoms with Crippen LogP contribution in [0, 0.1) is 5.82 Å². The average Bonchev–Trinajstić information content (AvgIpc) is 2.38. The maximum atomic E-state index is 13.8. The fourth-order valence-electron chi connectivity index (χ4n) is 1.75. The fraction of sp³-hybridized carbons (Fsp3) is 0.250. The van der Waals surface area contributed by atoms with E-state index < -0.39 is 21.9 Å². The average molecular weight is 284 g/mol. The molecule has 1 unspecified atom stereocenters. The summed E-state index contributed by atoms with van der Waals surface area (Å²) < 4.78 is 40.4. The first kappa shape index (κ1) is 13.9. The summed E-state index contributed by atoms with van der Waals surface area (Å²) in [5, 5.41) is 9.30. The molecule has 0 aliphatic rings. The van der Waals surface area contributed by atoms with Crippen LogP contribution in [0.4, 0.5) is 4.39 Å². The molecule has 2 rings (SSSR count). The van der Waals surface area contributed by atoms with Gasteiger partial charge in [0, 0.05) is 23.0 Å². The number of aliphatic hydroxyl groups excluding tert-OH is 1. The first-order valence-corrected chi connectivity index (χ1v) is 7.09. The van der Waals surface area contributed by atoms with Crippen molar-refractivity contribution in [2.75, 3.05) is 6.61 Å². The van der Waals surface area contributed by atoms with Crippen molar-refractivity contribution in [2.24, 2.45) is 0 Å². The van der Waals surface area contributed by atoms with Crippen molar-refractivity contribution in [2.45, 2.75) is 17.9 Å². The summed E-state index contributed by atoms with van der Waals surface area (Å²) >= 11 is 0. The monoisotopic (exact) mass is 284 g/mol. The Balaban J connectivity index is 2.63. The maximum Gasteiger partial charge on any atom is 0.241 e. The van der Waals surface area contributed by atoms with Crippen molar-refractivity contribution in [1.29, 1.82) is 0 Å². The predicted octanol–water partition coefficient (Wildman–Crippen LogP) is 1.03. The normalized spacial score (nSPS) is 13.6. The van der Waals surface area contributed by atoms with Gasteiger partial charge in [0.25, 0.3) is 0 Å². The van der Waals surface area contributed by atoms with Crippen molar-refractivity contribution in [3.8, 4) is 0 Å². The van der Waals surface area contributed by atoms with Gasteiger partial charge in [0.05, 0.1) is 17.7 Å². The third-order valence-corrected chi connectivity index (χ3v) is 4.25. The molecule has 5 nitrogen and oxygen atoms in total. The lowest BCUT2D eigenvalue weighted by atomic mass is 10.2. The van der Waals surface area contributed by atoms with Gasteiger partial charge in [-0.05, 0) is 13.0 Å². The predicted molar refractivity (Wildman–Crippen MR) is 68.6 cm³/mol. The van der Waals surface area contributed by atoms with Gasteiger partial charge in [0.1, 0.15) is 0 Å². The van der Waals surface area contributed by atoms with E-state index in [0.29, 0.717) is 5.39 Å². The van der Waals surface area contributed by atoms with E-state index in [2.05, 4.69) is 9.71 Å². The van der Waals surface area contributed by atoms with Crippen LogP contribution in [0.15, 0.2) is 35.5 Å². The zero-order valence-corrected chi connectivity index (χ0v) is 11.0. The topological polar surface area (TPSA) is 79.3 Å². The van der Waals surface area contributed by atoms with Crippen LogP contribution in [0.2, 0.25) is 0 Å². The summed E-state index contributed by atoms with van der Waals surface area (Å²) in [6.07, 6.45) is 2.36. The van der Waals surface area contributed by atoms with Gasteiger partial charge < -0.3 is 5.11 Å². The SMILES string of the molecule is CC(CO)NS(=O)(=O)c1cccc2cncc(F)c12. The first-order chi connectivity index (χ1) is 8.95. The zero-order valence-electron chi connectivity index (χ0n) is 10.2. The third kappa shape index (κ3) is 2.73. The molecule has 0 spiro atoms. The van der Waals surface area contributed by atoms with E-state index in [-0.39, 0.29) is 16.9 Å². The zero-order chi connectivity index (χ0) is 14.0. The van der Waals surface area contributed by atoms with E-state index in [4.69, 9.17) is 5.11 Å². The van der Waals surface area contributed by atoms with E-state index in [1.54, 1.807) is 6.07 Å². The lowest BCUT2D eigenvalue weighted by molar-refractivity contribution is 0.265. The number of halogens is 1. The molecule has 0 aliphatic heterocycles. The number of aliphatic hydroxyl groups is 1. The highest BCUT2D eigenvalue weighted by atomic mass is 32.2. The summed E-state index contributed by atoms with van der Waals surface area (Å²) in [6, 6.07) is 3.77. The van der Waals surface area contributed by atoms with Gasteiger partial charge in [-0.1, -0.05) is 12.1 Å². The molecule has 19 heavy (non-hydrogen) atoms. The molecule has 0 radical (unpaired) electrons. The van der Waals surface area contributed by atoms with Crippen molar-refractivity contribution in [3.63, 3.8) is 0 Å². The molecule has 0 aliphatic carbocycles. The molecule has 2 aromatic rings. The molecule has 0 saturated heterocycles. The second kappa shape index (κ2) is 5.20. The summed E-state index contributed by atoms with van der Waals surface area (Å²) in [4.78, 5) is 3.52. The first-order valence-electron chi connectivity index (χ1n) is 5.61. The Kier molecular flexibility index (Phi) is 3.79. The van der Waals surface area contributed by atoms with Crippen molar-refractivity contribution < 1.29 is 17.9 Å². The van der Waals surface area contributed by atoms with E-state index >= 15 is 0 Å². The number of pyridine rings is 1. The molecule has 0 amide bonds. The minimum absolute atomic E-state index is 0.00450. The van der Waals surface area contributed by atoms with Crippen LogP contribution in [-0.4, -0.2) is 31.2 Å². The highest BCUT2D eigenvalue weighted by Gasteiger charge is 2.21. The van der Waals surface area contributed by atoms with Gasteiger partial charge in [-0.25, -0.2) is 17.5 Å². The smallest absolute Gasteiger partial charge is 0.241 e. The summed E-state index contributed by atoms with van der Waals surface area (Å²) in [6.45, 7) is 1.18. The Morgan fingerprint density at radius 1 is 1.42 bits per heavy atom. The van der Waals surface area contributed by atoms with Crippen LogP contribution in [0.25, 0.3) is 10.8 Å². The number of hydrogen-bond donors (Lipinski definition) is 2. The molecule has 1 heterocycles. The standard InChI is InChI=1S/C12H13FN2O3S/c1-8(7-16)15-19(17,18)11-4-2-3-9-5-14-6-10(13)12(9)11/h2-6,8,15-16H,7H2,1H3. The molecule has 1 aromatic heterocycles. The molecule has 1 atom stereocenters. The molecule has 0 fully saturated rings. The minimum Gasteiger partial charge on any atom is -0.395 e. The Hall–Kier alpha value is -1.57. The van der Waals surface area contributed by atoms with Gasteiger partial charge >= 0.3 is 0 Å². The van der Waals surface area contributed by atoms with Gasteiger partial charge in [-0.3, -0.25) is 4.98 Å². The molecule has 0 saturated carbocycles. The number of hydrogen-bond acceptors (Lipinski definition) is 4. The van der Waals surface area contributed by atoms with E-state index in [1.165, 1.54) is 25.3 Å². The van der Waals surface area contributed by atoms with Crippen molar-refractivity contribution in [3.05, 3.63) is 36.4 Å². The van der Waals surface area contributed by atoms with Gasteiger partial charge in [-0.15, -0.1) is 0 Å². The summed E-state index contributed by atoms with van der Waals surface area (Å²) in [5.41, 5.74) is 0. The summed E-state index contributed by atoms with van der Waals surface area (Å²) in [7, 11) is -3.90. The Morgan fingerprint density at radius 2 is 2.16 bits per heavy atom. The third-order valence-electron chi connectivity index (χ3n) is 2.62. The highest BCUT2D eigenvalue weighted by Crippen LogP contribution is 2.24. The Morgan fingerprint density at radius 3 is 2.84 bits per heavy atom. The molecular formula is C12H13FN2O3S. The number of fused-ring (bicyclic) bond motifs is 1. The maximum absolute atomic E-state index is 13.8. The van der Waals surface area contributed by atoms with E-state index in [1.807, 2.05) is 0 Å². The van der Waals surface area contributed by atoms with Gasteiger partial charge in [-0.2, -0.15) is 0 Å². The fourth-order valence-corrected chi connectivity index (χ4v) is 3.22. The number of sulfonamides is 1. The number of benzene rings is 1. The van der Waals surface area contributed by atoms with Crippen LogP contribution in [0.5, 0.6) is 0 Å². The van der Waals surface area contributed by atoms with Crippen molar-refractivity contribution >= 4 is 20.8 Å². The van der Waals surface area contributed by atoms with E-state index in [0.717, 1.165) is 6.20 Å². The molecule has 0 bridgehead atoms.